The molecule has 0 saturated carbocycles. The molecular weight excluding hydrogens is 313 g/mol. The van der Waals surface area contributed by atoms with Crippen molar-refractivity contribution in [2.45, 2.75) is 25.3 Å². The molecule has 0 amide bonds. The Morgan fingerprint density at radius 3 is 2.82 bits per heavy atom. The van der Waals surface area contributed by atoms with E-state index in [1.807, 2.05) is 12.1 Å². The van der Waals surface area contributed by atoms with E-state index in [-0.39, 0.29) is 6.04 Å². The standard InChI is InChI=1S/C19H17Cl2N/c1-11-8-9-17-15(10-11)12-4-2-5-13(12)19(22-17)14-6-3-7-16(20)18(14)21/h2-4,6-10,12-13,19,22H,5H2,1H3. The fourth-order valence-corrected chi connectivity index (χ4v) is 4.21. The molecule has 1 aliphatic heterocycles. The topological polar surface area (TPSA) is 12.0 Å². The minimum absolute atomic E-state index is 0.196. The number of allylic oxidation sites excluding steroid dienone is 2. The highest BCUT2D eigenvalue weighted by molar-refractivity contribution is 6.42. The Bertz CT molecular complexity index is 766. The Labute approximate surface area is 140 Å². The number of halogens is 2. The van der Waals surface area contributed by atoms with Crippen LogP contribution in [0.3, 0.4) is 0 Å². The molecule has 112 valence electrons. The van der Waals surface area contributed by atoms with Crippen molar-refractivity contribution in [3.8, 4) is 0 Å². The number of hydrogen-bond acceptors (Lipinski definition) is 1. The van der Waals surface area contributed by atoms with Crippen LogP contribution < -0.4 is 5.32 Å². The normalized spacial score (nSPS) is 25.5. The number of fused-ring (bicyclic) bond motifs is 3. The molecule has 0 aromatic heterocycles. The zero-order valence-corrected chi connectivity index (χ0v) is 13.8. The van der Waals surface area contributed by atoms with Gasteiger partial charge in [-0.1, -0.05) is 65.2 Å². The van der Waals surface area contributed by atoms with Gasteiger partial charge in [-0.15, -0.1) is 0 Å². The second kappa shape index (κ2) is 5.33. The van der Waals surface area contributed by atoms with Crippen molar-refractivity contribution in [1.29, 1.82) is 0 Å². The summed E-state index contributed by atoms with van der Waals surface area (Å²) in [5.41, 5.74) is 5.01. The van der Waals surface area contributed by atoms with Crippen LogP contribution in [-0.2, 0) is 0 Å². The average Bonchev–Trinajstić information content (AvgIpc) is 2.99. The van der Waals surface area contributed by atoms with E-state index >= 15 is 0 Å². The summed E-state index contributed by atoms with van der Waals surface area (Å²) in [5.74, 6) is 0.946. The van der Waals surface area contributed by atoms with Crippen molar-refractivity contribution in [3.05, 3.63) is 75.3 Å². The molecule has 3 unspecified atom stereocenters. The minimum atomic E-state index is 0.196. The van der Waals surface area contributed by atoms with Crippen LogP contribution in [0.4, 0.5) is 5.69 Å². The molecule has 1 nitrogen and oxygen atoms in total. The number of anilines is 1. The summed E-state index contributed by atoms with van der Waals surface area (Å²) >= 11 is 12.7. The van der Waals surface area contributed by atoms with Crippen molar-refractivity contribution >= 4 is 28.9 Å². The first-order valence-corrected chi connectivity index (χ1v) is 8.38. The summed E-state index contributed by atoms with van der Waals surface area (Å²) < 4.78 is 0. The van der Waals surface area contributed by atoms with Crippen molar-refractivity contribution in [3.63, 3.8) is 0 Å². The zero-order valence-electron chi connectivity index (χ0n) is 12.3. The summed E-state index contributed by atoms with van der Waals surface area (Å²) in [6.45, 7) is 2.15. The number of aryl methyl sites for hydroxylation is 1. The van der Waals surface area contributed by atoms with Gasteiger partial charge in [0, 0.05) is 11.6 Å². The van der Waals surface area contributed by atoms with Crippen molar-refractivity contribution < 1.29 is 0 Å². The van der Waals surface area contributed by atoms with E-state index in [2.05, 4.69) is 48.7 Å². The lowest BCUT2D eigenvalue weighted by Gasteiger charge is -2.38. The molecule has 1 aliphatic carbocycles. The fraction of sp³-hybridized carbons (Fsp3) is 0.263. The van der Waals surface area contributed by atoms with Crippen LogP contribution in [0.15, 0.2) is 48.6 Å². The SMILES string of the molecule is Cc1ccc2c(c1)C1C=CCC1C(c1cccc(Cl)c1Cl)N2. The zero-order chi connectivity index (χ0) is 15.3. The van der Waals surface area contributed by atoms with Gasteiger partial charge in [-0.25, -0.2) is 0 Å². The van der Waals surface area contributed by atoms with E-state index in [0.717, 1.165) is 12.0 Å². The predicted octanol–water partition coefficient (Wildman–Crippen LogP) is 6.13. The van der Waals surface area contributed by atoms with Crippen LogP contribution in [0.2, 0.25) is 10.0 Å². The highest BCUT2D eigenvalue weighted by atomic mass is 35.5. The van der Waals surface area contributed by atoms with Crippen molar-refractivity contribution in [1.82, 2.24) is 0 Å². The molecule has 2 aromatic carbocycles. The van der Waals surface area contributed by atoms with Gasteiger partial charge in [-0.2, -0.15) is 0 Å². The van der Waals surface area contributed by atoms with Crippen LogP contribution >= 0.6 is 23.2 Å². The molecule has 4 rings (SSSR count). The van der Waals surface area contributed by atoms with E-state index in [4.69, 9.17) is 23.2 Å². The first-order valence-electron chi connectivity index (χ1n) is 7.63. The molecule has 3 heteroatoms. The van der Waals surface area contributed by atoms with Crippen LogP contribution in [0.1, 0.15) is 35.1 Å². The molecule has 3 atom stereocenters. The lowest BCUT2D eigenvalue weighted by atomic mass is 9.76. The molecule has 1 heterocycles. The van der Waals surface area contributed by atoms with Gasteiger partial charge in [0.15, 0.2) is 0 Å². The molecule has 2 aliphatic rings. The summed E-state index contributed by atoms with van der Waals surface area (Å²) in [7, 11) is 0. The van der Waals surface area contributed by atoms with Crippen LogP contribution in [0.5, 0.6) is 0 Å². The molecule has 0 saturated heterocycles. The number of hydrogen-bond donors (Lipinski definition) is 1. The Morgan fingerprint density at radius 1 is 1.09 bits per heavy atom. The van der Waals surface area contributed by atoms with Gasteiger partial charge in [0.2, 0.25) is 0 Å². The maximum Gasteiger partial charge on any atom is 0.0645 e. The molecule has 0 fully saturated rings. The number of benzene rings is 2. The van der Waals surface area contributed by atoms with Crippen LogP contribution in [-0.4, -0.2) is 0 Å². The van der Waals surface area contributed by atoms with E-state index in [1.165, 1.54) is 16.8 Å². The molecular formula is C19H17Cl2N. The van der Waals surface area contributed by atoms with E-state index in [0.29, 0.717) is 21.9 Å². The average molecular weight is 330 g/mol. The Kier molecular flexibility index (Phi) is 3.43. The monoisotopic (exact) mass is 329 g/mol. The maximum absolute atomic E-state index is 6.48. The molecule has 0 bridgehead atoms. The highest BCUT2D eigenvalue weighted by Gasteiger charge is 2.38. The van der Waals surface area contributed by atoms with E-state index < -0.39 is 0 Å². The third kappa shape index (κ3) is 2.15. The van der Waals surface area contributed by atoms with Crippen molar-refractivity contribution in [2.24, 2.45) is 5.92 Å². The molecule has 0 spiro atoms. The van der Waals surface area contributed by atoms with Gasteiger partial charge in [0.1, 0.15) is 0 Å². The second-order valence-electron chi connectivity index (χ2n) is 6.21. The second-order valence-corrected chi connectivity index (χ2v) is 6.99. The third-order valence-corrected chi connectivity index (χ3v) is 5.67. The molecule has 1 N–H and O–H groups in total. The lowest BCUT2D eigenvalue weighted by Crippen LogP contribution is -2.29. The largest absolute Gasteiger partial charge is 0.378 e. The summed E-state index contributed by atoms with van der Waals surface area (Å²) in [4.78, 5) is 0. The Morgan fingerprint density at radius 2 is 1.95 bits per heavy atom. The Balaban J connectivity index is 1.83. The quantitative estimate of drug-likeness (QED) is 0.620. The van der Waals surface area contributed by atoms with Gasteiger partial charge in [0.05, 0.1) is 16.1 Å². The van der Waals surface area contributed by atoms with Gasteiger partial charge in [-0.05, 0) is 42.5 Å². The highest BCUT2D eigenvalue weighted by Crippen LogP contribution is 2.51. The molecule has 22 heavy (non-hydrogen) atoms. The number of nitrogens with one attached hydrogen (secondary N) is 1. The van der Waals surface area contributed by atoms with Gasteiger partial charge >= 0.3 is 0 Å². The van der Waals surface area contributed by atoms with Crippen molar-refractivity contribution in [2.75, 3.05) is 5.32 Å². The number of rotatable bonds is 1. The maximum atomic E-state index is 6.48. The summed E-state index contributed by atoms with van der Waals surface area (Å²) in [6.07, 6.45) is 5.70. The van der Waals surface area contributed by atoms with Gasteiger partial charge in [-0.3, -0.25) is 0 Å². The predicted molar refractivity (Wildman–Crippen MR) is 94.0 cm³/mol. The fourth-order valence-electron chi connectivity index (χ4n) is 3.78. The van der Waals surface area contributed by atoms with Crippen LogP contribution in [0.25, 0.3) is 0 Å². The third-order valence-electron chi connectivity index (χ3n) is 4.83. The first kappa shape index (κ1) is 14.2. The lowest BCUT2D eigenvalue weighted by molar-refractivity contribution is 0.425. The first-order chi connectivity index (χ1) is 10.6. The smallest absolute Gasteiger partial charge is 0.0645 e. The van der Waals surface area contributed by atoms with Gasteiger partial charge in [0.25, 0.3) is 0 Å². The van der Waals surface area contributed by atoms with Gasteiger partial charge < -0.3 is 5.32 Å². The summed E-state index contributed by atoms with van der Waals surface area (Å²) in [6, 6.07) is 12.7. The Hall–Kier alpha value is -1.44. The molecule has 2 aromatic rings. The van der Waals surface area contributed by atoms with E-state index in [9.17, 15) is 0 Å². The minimum Gasteiger partial charge on any atom is -0.378 e. The molecule has 0 radical (unpaired) electrons. The summed E-state index contributed by atoms with van der Waals surface area (Å²) in [5, 5.41) is 4.99. The van der Waals surface area contributed by atoms with E-state index in [1.54, 1.807) is 0 Å². The van der Waals surface area contributed by atoms with Crippen LogP contribution in [0, 0.1) is 12.8 Å².